The van der Waals surface area contributed by atoms with E-state index in [0.29, 0.717) is 22.5 Å². The van der Waals surface area contributed by atoms with Gasteiger partial charge in [0.15, 0.2) is 5.78 Å². The molecule has 0 amide bonds. The van der Waals surface area contributed by atoms with E-state index in [4.69, 9.17) is 8.83 Å². The first-order chi connectivity index (χ1) is 10.2. The lowest BCUT2D eigenvalue weighted by molar-refractivity contribution is 0.101. The Hall–Kier alpha value is -2.88. The molecular formula is C17H12O4. The minimum Gasteiger partial charge on any atom is -0.464 e. The number of benzene rings is 1. The predicted octanol–water partition coefficient (Wildman–Crippen LogP) is 3.77. The molecule has 0 aliphatic carbocycles. The van der Waals surface area contributed by atoms with Crippen molar-refractivity contribution in [2.24, 2.45) is 0 Å². The van der Waals surface area contributed by atoms with Gasteiger partial charge < -0.3 is 8.83 Å². The summed E-state index contributed by atoms with van der Waals surface area (Å²) in [4.78, 5) is 23.9. The second-order valence-electron chi connectivity index (χ2n) is 4.58. The molecule has 4 nitrogen and oxygen atoms in total. The van der Waals surface area contributed by atoms with Crippen LogP contribution in [0, 0.1) is 0 Å². The second-order valence-corrected chi connectivity index (χ2v) is 4.58. The third kappa shape index (κ3) is 2.43. The highest BCUT2D eigenvalue weighted by Crippen LogP contribution is 2.31. The van der Waals surface area contributed by atoms with Crippen LogP contribution in [0.2, 0.25) is 0 Å². The van der Waals surface area contributed by atoms with Crippen molar-refractivity contribution in [3.63, 3.8) is 0 Å². The Kier molecular flexibility index (Phi) is 3.28. The molecule has 0 N–H and O–H groups in total. The zero-order chi connectivity index (χ0) is 14.8. The Bertz CT molecular complexity index is 827. The van der Waals surface area contributed by atoms with E-state index in [2.05, 4.69) is 0 Å². The van der Waals surface area contributed by atoms with Gasteiger partial charge in [-0.3, -0.25) is 4.79 Å². The molecule has 0 saturated heterocycles. The fourth-order valence-electron chi connectivity index (χ4n) is 2.26. The van der Waals surface area contributed by atoms with Gasteiger partial charge in [-0.15, -0.1) is 0 Å². The number of furan rings is 1. The van der Waals surface area contributed by atoms with E-state index in [1.54, 1.807) is 24.3 Å². The highest BCUT2D eigenvalue weighted by molar-refractivity contribution is 6.05. The monoisotopic (exact) mass is 280 g/mol. The Labute approximate surface area is 120 Å². The molecule has 0 aliphatic heterocycles. The number of ketones is 1. The minimum atomic E-state index is -0.523. The van der Waals surface area contributed by atoms with Crippen molar-refractivity contribution in [1.82, 2.24) is 0 Å². The quantitative estimate of drug-likeness (QED) is 0.685. The third-order valence-corrected chi connectivity index (χ3v) is 3.14. The van der Waals surface area contributed by atoms with Gasteiger partial charge in [0.25, 0.3) is 0 Å². The molecule has 1 aromatic carbocycles. The van der Waals surface area contributed by atoms with Gasteiger partial charge in [-0.2, -0.15) is 0 Å². The van der Waals surface area contributed by atoms with Crippen molar-refractivity contribution in [3.8, 4) is 22.6 Å². The molecule has 0 atom stereocenters. The van der Waals surface area contributed by atoms with Gasteiger partial charge in [0.2, 0.25) is 0 Å². The summed E-state index contributed by atoms with van der Waals surface area (Å²) in [5, 5.41) is 0. The molecule has 2 aromatic heterocycles. The summed E-state index contributed by atoms with van der Waals surface area (Å²) in [6.45, 7) is 1.44. The number of Topliss-reactive ketones (excluding diaryl/α,β-unsaturated/α-hetero) is 1. The van der Waals surface area contributed by atoms with Crippen LogP contribution in [0.5, 0.6) is 0 Å². The smallest absolute Gasteiger partial charge is 0.336 e. The maximum Gasteiger partial charge on any atom is 0.336 e. The van der Waals surface area contributed by atoms with Crippen molar-refractivity contribution < 1.29 is 13.6 Å². The summed E-state index contributed by atoms with van der Waals surface area (Å²) in [5.41, 5.74) is 0.941. The summed E-state index contributed by atoms with van der Waals surface area (Å²) in [7, 11) is 0. The van der Waals surface area contributed by atoms with Crippen molar-refractivity contribution >= 4 is 5.78 Å². The van der Waals surface area contributed by atoms with Crippen LogP contribution in [0.15, 0.2) is 68.4 Å². The molecule has 0 fully saturated rings. The van der Waals surface area contributed by atoms with Gasteiger partial charge in [0.05, 0.1) is 11.8 Å². The maximum absolute atomic E-state index is 12.1. The predicted molar refractivity (Wildman–Crippen MR) is 78.1 cm³/mol. The van der Waals surface area contributed by atoms with E-state index in [-0.39, 0.29) is 11.5 Å². The van der Waals surface area contributed by atoms with Crippen LogP contribution < -0.4 is 5.63 Å². The number of rotatable bonds is 3. The zero-order valence-corrected chi connectivity index (χ0v) is 11.3. The molecule has 0 radical (unpaired) electrons. The maximum atomic E-state index is 12.1. The number of hydrogen-bond acceptors (Lipinski definition) is 4. The van der Waals surface area contributed by atoms with Crippen LogP contribution in [0.3, 0.4) is 0 Å². The fraction of sp³-hybridized carbons (Fsp3) is 0.0588. The van der Waals surface area contributed by atoms with E-state index in [9.17, 15) is 9.59 Å². The molecule has 3 aromatic rings. The van der Waals surface area contributed by atoms with E-state index in [0.717, 1.165) is 0 Å². The Balaban J connectivity index is 2.35. The van der Waals surface area contributed by atoms with Crippen molar-refractivity contribution in [2.75, 3.05) is 0 Å². The largest absolute Gasteiger partial charge is 0.464 e. The second kappa shape index (κ2) is 5.25. The highest BCUT2D eigenvalue weighted by Gasteiger charge is 2.20. The van der Waals surface area contributed by atoms with Crippen molar-refractivity contribution in [3.05, 3.63) is 70.8 Å². The van der Waals surface area contributed by atoms with Crippen molar-refractivity contribution in [2.45, 2.75) is 6.92 Å². The van der Waals surface area contributed by atoms with Crippen LogP contribution in [0.25, 0.3) is 22.6 Å². The van der Waals surface area contributed by atoms with Gasteiger partial charge in [-0.05, 0) is 19.1 Å². The van der Waals surface area contributed by atoms with Gasteiger partial charge in [-0.1, -0.05) is 30.3 Å². The summed E-state index contributed by atoms with van der Waals surface area (Å²) in [6.07, 6.45) is 1.50. The van der Waals surface area contributed by atoms with E-state index in [1.165, 1.54) is 19.3 Å². The molecule has 0 spiro atoms. The molecule has 104 valence electrons. The van der Waals surface area contributed by atoms with E-state index in [1.807, 2.05) is 18.2 Å². The lowest BCUT2D eigenvalue weighted by Crippen LogP contribution is -2.07. The first kappa shape index (κ1) is 13.1. The summed E-state index contributed by atoms with van der Waals surface area (Å²) in [5.74, 6) is 0.538. The molecule has 4 heteroatoms. The number of carbonyl (C=O) groups excluding carboxylic acids is 1. The standard InChI is InChI=1S/C17H12O4/c1-11(18)16-13(14-8-5-9-20-14)10-15(19)21-17(16)12-6-3-2-4-7-12/h2-10H,1H3. The topological polar surface area (TPSA) is 60.4 Å². The molecule has 2 heterocycles. The molecular weight excluding hydrogens is 268 g/mol. The first-order valence-corrected chi connectivity index (χ1v) is 6.45. The molecule has 3 rings (SSSR count). The van der Waals surface area contributed by atoms with Crippen LogP contribution in [0.4, 0.5) is 0 Å². The van der Waals surface area contributed by atoms with Gasteiger partial charge >= 0.3 is 5.63 Å². The average molecular weight is 280 g/mol. The number of carbonyl (C=O) groups is 1. The normalized spacial score (nSPS) is 10.5. The molecule has 0 saturated carbocycles. The SMILES string of the molecule is CC(=O)c1c(-c2ccco2)cc(=O)oc1-c1ccccc1. The molecule has 21 heavy (non-hydrogen) atoms. The number of hydrogen-bond donors (Lipinski definition) is 0. The summed E-state index contributed by atoms with van der Waals surface area (Å²) < 4.78 is 10.6. The van der Waals surface area contributed by atoms with Crippen LogP contribution in [-0.2, 0) is 0 Å². The van der Waals surface area contributed by atoms with Gasteiger partial charge in [0.1, 0.15) is 11.5 Å². The van der Waals surface area contributed by atoms with E-state index >= 15 is 0 Å². The average Bonchev–Trinajstić information content (AvgIpc) is 3.01. The van der Waals surface area contributed by atoms with Gasteiger partial charge in [-0.25, -0.2) is 4.79 Å². The lowest BCUT2D eigenvalue weighted by atomic mass is 9.98. The minimum absolute atomic E-state index is 0.191. The Morgan fingerprint density at radius 2 is 1.81 bits per heavy atom. The zero-order valence-electron chi connectivity index (χ0n) is 11.3. The van der Waals surface area contributed by atoms with Crippen LogP contribution >= 0.6 is 0 Å². The first-order valence-electron chi connectivity index (χ1n) is 6.45. The summed E-state index contributed by atoms with van der Waals surface area (Å²) in [6, 6.07) is 13.8. The summed E-state index contributed by atoms with van der Waals surface area (Å²) >= 11 is 0. The molecule has 0 unspecified atom stereocenters. The molecule has 0 bridgehead atoms. The van der Waals surface area contributed by atoms with Crippen LogP contribution in [-0.4, -0.2) is 5.78 Å². The van der Waals surface area contributed by atoms with Gasteiger partial charge in [0, 0.05) is 17.2 Å². The van der Waals surface area contributed by atoms with Crippen LogP contribution in [0.1, 0.15) is 17.3 Å². The van der Waals surface area contributed by atoms with Crippen molar-refractivity contribution in [1.29, 1.82) is 0 Å². The molecule has 0 aliphatic rings. The Morgan fingerprint density at radius 1 is 1.05 bits per heavy atom. The third-order valence-electron chi connectivity index (χ3n) is 3.14. The Morgan fingerprint density at radius 3 is 2.43 bits per heavy atom. The van der Waals surface area contributed by atoms with E-state index < -0.39 is 5.63 Å². The highest BCUT2D eigenvalue weighted by atomic mass is 16.4. The fourth-order valence-corrected chi connectivity index (χ4v) is 2.26. The lowest BCUT2D eigenvalue weighted by Gasteiger charge is -2.09.